The molecule has 1 atom stereocenters. The third-order valence-corrected chi connectivity index (χ3v) is 4.49. The lowest BCUT2D eigenvalue weighted by Gasteiger charge is -2.32. The Hall–Kier alpha value is -3.24. The van der Waals surface area contributed by atoms with Gasteiger partial charge in [-0.15, -0.1) is 0 Å². The topological polar surface area (TPSA) is 58.9 Å². The van der Waals surface area contributed by atoms with E-state index in [0.29, 0.717) is 5.71 Å². The SMILES string of the molecule is O=C(O)COC1(c2ccccc2)C(c2ccccc2)=Nc2ccccc21. The van der Waals surface area contributed by atoms with Gasteiger partial charge in [0.1, 0.15) is 6.61 Å². The second-order valence-corrected chi connectivity index (χ2v) is 6.07. The summed E-state index contributed by atoms with van der Waals surface area (Å²) in [6.07, 6.45) is 0. The maximum atomic E-state index is 11.3. The fraction of sp³-hybridized carbons (Fsp3) is 0.0909. The lowest BCUT2D eigenvalue weighted by atomic mass is 9.80. The maximum Gasteiger partial charge on any atom is 0.329 e. The van der Waals surface area contributed by atoms with Crippen LogP contribution in [0.3, 0.4) is 0 Å². The zero-order valence-corrected chi connectivity index (χ0v) is 14.0. The Morgan fingerprint density at radius 2 is 1.50 bits per heavy atom. The number of rotatable bonds is 5. The summed E-state index contributed by atoms with van der Waals surface area (Å²) in [5, 5.41) is 9.28. The second kappa shape index (κ2) is 6.58. The summed E-state index contributed by atoms with van der Waals surface area (Å²) in [5.74, 6) is -1.02. The largest absolute Gasteiger partial charge is 0.480 e. The van der Waals surface area contributed by atoms with Crippen LogP contribution in [0.2, 0.25) is 0 Å². The van der Waals surface area contributed by atoms with E-state index in [1.807, 2.05) is 84.9 Å². The lowest BCUT2D eigenvalue weighted by molar-refractivity contribution is -0.145. The number of ether oxygens (including phenoxy) is 1. The fourth-order valence-corrected chi connectivity index (χ4v) is 3.42. The molecule has 3 aromatic rings. The van der Waals surface area contributed by atoms with Crippen molar-refractivity contribution < 1.29 is 14.6 Å². The first kappa shape index (κ1) is 16.2. The van der Waals surface area contributed by atoms with E-state index in [1.165, 1.54) is 0 Å². The Bertz CT molecular complexity index is 967. The van der Waals surface area contributed by atoms with Gasteiger partial charge in [0.2, 0.25) is 0 Å². The number of nitrogens with zero attached hydrogens (tertiary/aromatic N) is 1. The minimum atomic E-state index is -1.06. The Balaban J connectivity index is 1.99. The van der Waals surface area contributed by atoms with Crippen molar-refractivity contribution in [2.45, 2.75) is 5.60 Å². The minimum Gasteiger partial charge on any atom is -0.480 e. The molecule has 0 spiro atoms. The molecule has 1 aliphatic rings. The van der Waals surface area contributed by atoms with Crippen LogP contribution in [0.25, 0.3) is 0 Å². The van der Waals surface area contributed by atoms with Crippen LogP contribution in [0.4, 0.5) is 5.69 Å². The molecular weight excluding hydrogens is 326 g/mol. The quantitative estimate of drug-likeness (QED) is 0.756. The van der Waals surface area contributed by atoms with Gasteiger partial charge in [0.15, 0.2) is 5.60 Å². The molecule has 0 bridgehead atoms. The summed E-state index contributed by atoms with van der Waals surface area (Å²) in [6, 6.07) is 27.1. The molecule has 0 aromatic heterocycles. The van der Waals surface area contributed by atoms with Crippen molar-refractivity contribution in [2.24, 2.45) is 4.99 Å². The second-order valence-electron chi connectivity index (χ2n) is 6.07. The van der Waals surface area contributed by atoms with Crippen molar-refractivity contribution in [3.05, 3.63) is 102 Å². The van der Waals surface area contributed by atoms with E-state index in [9.17, 15) is 9.90 Å². The van der Waals surface area contributed by atoms with Gasteiger partial charge in [0.25, 0.3) is 0 Å². The molecular formula is C22H17NO3. The number of hydrogen-bond donors (Lipinski definition) is 1. The summed E-state index contributed by atoms with van der Waals surface area (Å²) in [6.45, 7) is -0.422. The first-order chi connectivity index (χ1) is 12.7. The van der Waals surface area contributed by atoms with Gasteiger partial charge in [-0.1, -0.05) is 78.9 Å². The molecule has 0 saturated carbocycles. The maximum absolute atomic E-state index is 11.3. The number of hydrogen-bond acceptors (Lipinski definition) is 3. The molecule has 4 nitrogen and oxygen atoms in total. The van der Waals surface area contributed by atoms with Crippen molar-refractivity contribution in [3.8, 4) is 0 Å². The van der Waals surface area contributed by atoms with Crippen LogP contribution >= 0.6 is 0 Å². The molecule has 128 valence electrons. The summed E-state index contributed by atoms with van der Waals surface area (Å²) < 4.78 is 6.10. The summed E-state index contributed by atoms with van der Waals surface area (Å²) in [5.41, 5.74) is 3.04. The number of aliphatic carboxylic acids is 1. The van der Waals surface area contributed by atoms with Crippen molar-refractivity contribution in [3.63, 3.8) is 0 Å². The number of aliphatic imine (C=N–C) groups is 1. The van der Waals surface area contributed by atoms with E-state index >= 15 is 0 Å². The van der Waals surface area contributed by atoms with Crippen LogP contribution in [0.15, 0.2) is 89.9 Å². The van der Waals surface area contributed by atoms with Crippen molar-refractivity contribution in [1.29, 1.82) is 0 Å². The standard InChI is InChI=1S/C22H17NO3/c24-20(25)15-26-22(17-11-5-2-6-12-17)18-13-7-8-14-19(18)23-21(22)16-9-3-1-4-10-16/h1-14H,15H2,(H,24,25). The van der Waals surface area contributed by atoms with Gasteiger partial charge in [-0.3, -0.25) is 0 Å². The third-order valence-electron chi connectivity index (χ3n) is 4.49. The summed E-state index contributed by atoms with van der Waals surface area (Å²) in [7, 11) is 0. The predicted octanol–water partition coefficient (Wildman–Crippen LogP) is 4.17. The summed E-state index contributed by atoms with van der Waals surface area (Å²) in [4.78, 5) is 16.1. The van der Waals surface area contributed by atoms with Gasteiger partial charge in [-0.25, -0.2) is 9.79 Å². The van der Waals surface area contributed by atoms with Crippen LogP contribution in [-0.4, -0.2) is 23.4 Å². The van der Waals surface area contributed by atoms with Crippen LogP contribution in [0.1, 0.15) is 16.7 Å². The first-order valence-corrected chi connectivity index (χ1v) is 8.37. The number of para-hydroxylation sites is 1. The Labute approximate surface area is 151 Å². The monoisotopic (exact) mass is 343 g/mol. The highest BCUT2D eigenvalue weighted by molar-refractivity contribution is 6.13. The summed E-state index contributed by atoms with van der Waals surface area (Å²) >= 11 is 0. The molecule has 1 unspecified atom stereocenters. The Morgan fingerprint density at radius 1 is 0.885 bits per heavy atom. The van der Waals surface area contributed by atoms with Crippen LogP contribution in [0, 0.1) is 0 Å². The molecule has 26 heavy (non-hydrogen) atoms. The average Bonchev–Trinajstić information content (AvgIpc) is 3.03. The van der Waals surface area contributed by atoms with E-state index in [2.05, 4.69) is 0 Å². The predicted molar refractivity (Wildman–Crippen MR) is 99.9 cm³/mol. The molecule has 4 heteroatoms. The fourth-order valence-electron chi connectivity index (χ4n) is 3.42. The number of benzene rings is 3. The van der Waals surface area contributed by atoms with E-state index in [1.54, 1.807) is 0 Å². The molecule has 0 radical (unpaired) electrons. The van der Waals surface area contributed by atoms with Crippen molar-refractivity contribution in [2.75, 3.05) is 6.61 Å². The Kier molecular flexibility index (Phi) is 4.11. The van der Waals surface area contributed by atoms with E-state index in [4.69, 9.17) is 9.73 Å². The number of carbonyl (C=O) groups is 1. The van der Waals surface area contributed by atoms with Crippen molar-refractivity contribution in [1.82, 2.24) is 0 Å². The zero-order valence-electron chi connectivity index (χ0n) is 14.0. The van der Waals surface area contributed by atoms with Gasteiger partial charge < -0.3 is 9.84 Å². The molecule has 0 aliphatic carbocycles. The van der Waals surface area contributed by atoms with Gasteiger partial charge in [-0.2, -0.15) is 0 Å². The average molecular weight is 343 g/mol. The molecule has 1 N–H and O–H groups in total. The van der Waals surface area contributed by atoms with E-state index < -0.39 is 18.2 Å². The third kappa shape index (κ3) is 2.61. The number of carboxylic acids is 1. The molecule has 0 saturated heterocycles. The normalized spacial score (nSPS) is 18.2. The highest BCUT2D eigenvalue weighted by Crippen LogP contribution is 2.47. The molecule has 3 aromatic carbocycles. The molecule has 1 heterocycles. The minimum absolute atomic E-state index is 0.422. The van der Waals surface area contributed by atoms with Gasteiger partial charge in [-0.05, 0) is 17.2 Å². The number of fused-ring (bicyclic) bond motifs is 1. The smallest absolute Gasteiger partial charge is 0.329 e. The highest BCUT2D eigenvalue weighted by Gasteiger charge is 2.47. The van der Waals surface area contributed by atoms with Crippen LogP contribution in [0.5, 0.6) is 0 Å². The highest BCUT2D eigenvalue weighted by atomic mass is 16.5. The molecule has 4 rings (SSSR count). The van der Waals surface area contributed by atoms with Crippen LogP contribution < -0.4 is 0 Å². The van der Waals surface area contributed by atoms with Crippen LogP contribution in [-0.2, 0) is 15.1 Å². The number of carboxylic acid groups (broad SMARTS) is 1. The Morgan fingerprint density at radius 3 is 2.19 bits per heavy atom. The van der Waals surface area contributed by atoms with E-state index in [0.717, 1.165) is 22.4 Å². The molecule has 0 fully saturated rings. The van der Waals surface area contributed by atoms with Gasteiger partial charge in [0, 0.05) is 5.56 Å². The first-order valence-electron chi connectivity index (χ1n) is 8.37. The zero-order chi connectivity index (χ0) is 18.0. The molecule has 0 amide bonds. The van der Waals surface area contributed by atoms with Gasteiger partial charge >= 0.3 is 5.97 Å². The lowest BCUT2D eigenvalue weighted by Crippen LogP contribution is -2.39. The van der Waals surface area contributed by atoms with E-state index in [-0.39, 0.29) is 0 Å². The van der Waals surface area contributed by atoms with Crippen molar-refractivity contribution >= 4 is 17.4 Å². The molecule has 1 aliphatic heterocycles. The van der Waals surface area contributed by atoms with Gasteiger partial charge in [0.05, 0.1) is 11.4 Å².